The smallest absolute Gasteiger partial charge is 0.237 e. The first kappa shape index (κ1) is 15.4. The Morgan fingerprint density at radius 2 is 1.61 bits per heavy atom. The summed E-state index contributed by atoms with van der Waals surface area (Å²) in [4.78, 5) is 16.6. The third-order valence-electron chi connectivity index (χ3n) is 3.67. The fourth-order valence-corrected chi connectivity index (χ4v) is 2.29. The SMILES string of the molecule is CC(C)NC(=O)C(C)N1CCN(C(C)CN)CC1. The van der Waals surface area contributed by atoms with Gasteiger partial charge in [0.25, 0.3) is 0 Å². The summed E-state index contributed by atoms with van der Waals surface area (Å²) < 4.78 is 0. The molecule has 0 aliphatic carbocycles. The molecule has 1 aliphatic heterocycles. The maximum Gasteiger partial charge on any atom is 0.237 e. The summed E-state index contributed by atoms with van der Waals surface area (Å²) in [6.07, 6.45) is 0. The number of nitrogens with zero attached hydrogens (tertiary/aromatic N) is 2. The van der Waals surface area contributed by atoms with Crippen LogP contribution in [-0.2, 0) is 4.79 Å². The topological polar surface area (TPSA) is 61.6 Å². The van der Waals surface area contributed by atoms with E-state index in [1.165, 1.54) is 0 Å². The van der Waals surface area contributed by atoms with Crippen LogP contribution in [0, 0.1) is 0 Å². The average molecular weight is 256 g/mol. The van der Waals surface area contributed by atoms with Crippen LogP contribution in [0.5, 0.6) is 0 Å². The Labute approximate surface area is 111 Å². The molecule has 106 valence electrons. The number of rotatable bonds is 5. The van der Waals surface area contributed by atoms with Gasteiger partial charge in [-0.1, -0.05) is 0 Å². The minimum Gasteiger partial charge on any atom is -0.353 e. The minimum atomic E-state index is -0.0391. The standard InChI is InChI=1S/C13H28N4O/c1-10(2)15-13(18)12(4)17-7-5-16(6-8-17)11(3)9-14/h10-12H,5-9,14H2,1-4H3,(H,15,18). The third-order valence-corrected chi connectivity index (χ3v) is 3.67. The van der Waals surface area contributed by atoms with Crippen LogP contribution >= 0.6 is 0 Å². The van der Waals surface area contributed by atoms with E-state index in [0.29, 0.717) is 12.6 Å². The number of carbonyl (C=O) groups excluding carboxylic acids is 1. The van der Waals surface area contributed by atoms with Crippen LogP contribution in [-0.4, -0.2) is 66.6 Å². The number of carbonyl (C=O) groups is 1. The van der Waals surface area contributed by atoms with Crippen molar-refractivity contribution in [2.45, 2.75) is 45.8 Å². The van der Waals surface area contributed by atoms with Crippen molar-refractivity contribution < 1.29 is 4.79 Å². The predicted octanol–water partition coefficient (Wildman–Crippen LogP) is -0.136. The molecule has 0 spiro atoms. The van der Waals surface area contributed by atoms with E-state index in [-0.39, 0.29) is 18.0 Å². The summed E-state index contributed by atoms with van der Waals surface area (Å²) in [6.45, 7) is 12.7. The molecule has 1 heterocycles. The number of hydrogen-bond acceptors (Lipinski definition) is 4. The minimum absolute atomic E-state index is 0.0391. The lowest BCUT2D eigenvalue weighted by Crippen LogP contribution is -2.56. The van der Waals surface area contributed by atoms with Crippen molar-refractivity contribution in [1.82, 2.24) is 15.1 Å². The third kappa shape index (κ3) is 4.23. The Morgan fingerprint density at radius 1 is 1.11 bits per heavy atom. The highest BCUT2D eigenvalue weighted by Gasteiger charge is 2.26. The average Bonchev–Trinajstić information content (AvgIpc) is 2.36. The van der Waals surface area contributed by atoms with Crippen LogP contribution in [0.4, 0.5) is 0 Å². The summed E-state index contributed by atoms with van der Waals surface area (Å²) in [6, 6.07) is 0.605. The zero-order chi connectivity index (χ0) is 13.7. The zero-order valence-corrected chi connectivity index (χ0v) is 12.1. The lowest BCUT2D eigenvalue weighted by molar-refractivity contribution is -0.127. The van der Waals surface area contributed by atoms with Gasteiger partial charge in [0.2, 0.25) is 5.91 Å². The lowest BCUT2D eigenvalue weighted by atomic mass is 10.1. The molecule has 18 heavy (non-hydrogen) atoms. The van der Waals surface area contributed by atoms with Crippen LogP contribution in [0.3, 0.4) is 0 Å². The second-order valence-electron chi connectivity index (χ2n) is 5.50. The summed E-state index contributed by atoms with van der Waals surface area (Å²) in [5.41, 5.74) is 5.68. The number of nitrogens with one attached hydrogen (secondary N) is 1. The molecule has 2 unspecified atom stereocenters. The molecule has 0 aromatic heterocycles. The Morgan fingerprint density at radius 3 is 2.06 bits per heavy atom. The van der Waals surface area contributed by atoms with Gasteiger partial charge < -0.3 is 11.1 Å². The predicted molar refractivity (Wildman–Crippen MR) is 74.4 cm³/mol. The van der Waals surface area contributed by atoms with E-state index in [1.54, 1.807) is 0 Å². The van der Waals surface area contributed by atoms with E-state index in [2.05, 4.69) is 22.0 Å². The summed E-state index contributed by atoms with van der Waals surface area (Å²) in [5, 5.41) is 2.97. The molecule has 0 radical (unpaired) electrons. The van der Waals surface area contributed by atoms with Crippen molar-refractivity contribution in [3.8, 4) is 0 Å². The molecule has 2 atom stereocenters. The fraction of sp³-hybridized carbons (Fsp3) is 0.923. The van der Waals surface area contributed by atoms with Crippen molar-refractivity contribution in [2.75, 3.05) is 32.7 Å². The van der Waals surface area contributed by atoms with Gasteiger partial charge in [-0.25, -0.2) is 0 Å². The maximum absolute atomic E-state index is 11.9. The highest BCUT2D eigenvalue weighted by Crippen LogP contribution is 2.09. The second kappa shape index (κ2) is 7.07. The van der Waals surface area contributed by atoms with Crippen LogP contribution in [0.2, 0.25) is 0 Å². The number of piperazine rings is 1. The van der Waals surface area contributed by atoms with E-state index >= 15 is 0 Å². The van der Waals surface area contributed by atoms with Gasteiger partial charge in [-0.2, -0.15) is 0 Å². The second-order valence-corrected chi connectivity index (χ2v) is 5.50. The number of hydrogen-bond donors (Lipinski definition) is 2. The largest absolute Gasteiger partial charge is 0.353 e. The summed E-state index contributed by atoms with van der Waals surface area (Å²) in [7, 11) is 0. The Hall–Kier alpha value is -0.650. The van der Waals surface area contributed by atoms with E-state index < -0.39 is 0 Å². The monoisotopic (exact) mass is 256 g/mol. The molecule has 1 fully saturated rings. The first-order valence-electron chi connectivity index (χ1n) is 6.94. The van der Waals surface area contributed by atoms with Gasteiger partial charge in [-0.3, -0.25) is 14.6 Å². The molecule has 3 N–H and O–H groups in total. The Bertz CT molecular complexity index is 262. The molecule has 1 aliphatic rings. The van der Waals surface area contributed by atoms with E-state index in [4.69, 9.17) is 5.73 Å². The molecule has 1 amide bonds. The lowest BCUT2D eigenvalue weighted by Gasteiger charge is -2.39. The van der Waals surface area contributed by atoms with Gasteiger partial charge >= 0.3 is 0 Å². The van der Waals surface area contributed by atoms with Gasteiger partial charge in [0.1, 0.15) is 0 Å². The molecule has 0 bridgehead atoms. The van der Waals surface area contributed by atoms with Gasteiger partial charge in [0.05, 0.1) is 6.04 Å². The molecule has 0 aromatic carbocycles. The van der Waals surface area contributed by atoms with Crippen molar-refractivity contribution in [3.63, 3.8) is 0 Å². The molecule has 1 saturated heterocycles. The number of amides is 1. The Balaban J connectivity index is 2.40. The van der Waals surface area contributed by atoms with Crippen LogP contribution in [0.25, 0.3) is 0 Å². The van der Waals surface area contributed by atoms with Crippen molar-refractivity contribution in [3.05, 3.63) is 0 Å². The van der Waals surface area contributed by atoms with Crippen LogP contribution < -0.4 is 11.1 Å². The van der Waals surface area contributed by atoms with Crippen molar-refractivity contribution >= 4 is 5.91 Å². The van der Waals surface area contributed by atoms with Crippen LogP contribution in [0.15, 0.2) is 0 Å². The first-order chi connectivity index (χ1) is 8.45. The molecule has 5 nitrogen and oxygen atoms in total. The highest BCUT2D eigenvalue weighted by atomic mass is 16.2. The maximum atomic E-state index is 11.9. The fourth-order valence-electron chi connectivity index (χ4n) is 2.29. The molecule has 5 heteroatoms. The Kier molecular flexibility index (Phi) is 6.05. The molecule has 0 saturated carbocycles. The highest BCUT2D eigenvalue weighted by molar-refractivity contribution is 5.81. The molecule has 1 rings (SSSR count). The van der Waals surface area contributed by atoms with E-state index in [1.807, 2.05) is 20.8 Å². The normalized spacial score (nSPS) is 21.9. The summed E-state index contributed by atoms with van der Waals surface area (Å²) in [5.74, 6) is 0.130. The van der Waals surface area contributed by atoms with Gasteiger partial charge in [-0.05, 0) is 27.7 Å². The quantitative estimate of drug-likeness (QED) is 0.719. The van der Waals surface area contributed by atoms with Gasteiger partial charge in [-0.15, -0.1) is 0 Å². The van der Waals surface area contributed by atoms with Crippen molar-refractivity contribution in [1.29, 1.82) is 0 Å². The van der Waals surface area contributed by atoms with Gasteiger partial charge in [0, 0.05) is 44.8 Å². The van der Waals surface area contributed by atoms with Crippen LogP contribution in [0.1, 0.15) is 27.7 Å². The van der Waals surface area contributed by atoms with E-state index in [9.17, 15) is 4.79 Å². The zero-order valence-electron chi connectivity index (χ0n) is 12.1. The summed E-state index contributed by atoms with van der Waals surface area (Å²) >= 11 is 0. The van der Waals surface area contributed by atoms with Crippen molar-refractivity contribution in [2.24, 2.45) is 5.73 Å². The number of nitrogens with two attached hydrogens (primary N) is 1. The van der Waals surface area contributed by atoms with E-state index in [0.717, 1.165) is 26.2 Å². The first-order valence-corrected chi connectivity index (χ1v) is 6.94. The molecular weight excluding hydrogens is 228 g/mol. The molecule has 0 aromatic rings. The van der Waals surface area contributed by atoms with Gasteiger partial charge in [0.15, 0.2) is 0 Å². The molecular formula is C13H28N4O.